The maximum absolute atomic E-state index is 12.3. The molecule has 30 heavy (non-hydrogen) atoms. The average molecular weight is 415 g/mol. The molecule has 0 unspecified atom stereocenters. The number of halogens is 1. The molecule has 1 aromatic heterocycles. The maximum atomic E-state index is 12.3. The van der Waals surface area contributed by atoms with Gasteiger partial charge in [0.1, 0.15) is 0 Å². The van der Waals surface area contributed by atoms with E-state index in [1.54, 1.807) is 6.07 Å². The topological polar surface area (TPSA) is 25.2 Å². The number of benzene rings is 3. The Kier molecular flexibility index (Phi) is 4.22. The summed E-state index contributed by atoms with van der Waals surface area (Å²) in [5.74, 6) is 0.956. The SMILES string of the molecule is O=c1cccc2n1C[C@H]1C[C@@H]2CN(Cc2c3ccccc3c(Cl)c3ccccc23)C1. The Morgan fingerprint density at radius 1 is 0.800 bits per heavy atom. The summed E-state index contributed by atoms with van der Waals surface area (Å²) in [5, 5.41) is 5.58. The van der Waals surface area contributed by atoms with Crippen LogP contribution in [0.3, 0.4) is 0 Å². The molecule has 0 aliphatic carbocycles. The van der Waals surface area contributed by atoms with Crippen molar-refractivity contribution in [3.05, 3.63) is 93.4 Å². The Bertz CT molecular complexity index is 1290. The molecule has 3 aromatic carbocycles. The molecule has 6 rings (SSSR count). The molecule has 0 saturated carbocycles. The lowest BCUT2D eigenvalue weighted by Crippen LogP contribution is -2.46. The molecule has 3 nitrogen and oxygen atoms in total. The zero-order valence-electron chi connectivity index (χ0n) is 16.7. The zero-order chi connectivity index (χ0) is 20.2. The van der Waals surface area contributed by atoms with Crippen molar-refractivity contribution in [2.45, 2.75) is 25.4 Å². The van der Waals surface area contributed by atoms with Crippen LogP contribution in [-0.4, -0.2) is 22.6 Å². The summed E-state index contributed by atoms with van der Waals surface area (Å²) < 4.78 is 2.00. The van der Waals surface area contributed by atoms with Crippen molar-refractivity contribution < 1.29 is 0 Å². The highest BCUT2D eigenvalue weighted by atomic mass is 35.5. The van der Waals surface area contributed by atoms with E-state index in [0.717, 1.165) is 42.0 Å². The van der Waals surface area contributed by atoms with Gasteiger partial charge in [-0.25, -0.2) is 0 Å². The van der Waals surface area contributed by atoms with Crippen molar-refractivity contribution in [2.75, 3.05) is 13.1 Å². The van der Waals surface area contributed by atoms with E-state index in [2.05, 4.69) is 59.5 Å². The molecule has 150 valence electrons. The van der Waals surface area contributed by atoms with Crippen LogP contribution in [0.2, 0.25) is 5.02 Å². The molecule has 3 heterocycles. The van der Waals surface area contributed by atoms with Crippen LogP contribution >= 0.6 is 11.6 Å². The Morgan fingerprint density at radius 3 is 2.17 bits per heavy atom. The van der Waals surface area contributed by atoms with Crippen LogP contribution in [0.5, 0.6) is 0 Å². The molecule has 0 amide bonds. The van der Waals surface area contributed by atoms with Crippen molar-refractivity contribution in [1.82, 2.24) is 9.47 Å². The molecular formula is C26H23ClN2O. The third-order valence-corrected chi connectivity index (χ3v) is 7.32. The smallest absolute Gasteiger partial charge is 0.250 e. The van der Waals surface area contributed by atoms with Crippen LogP contribution in [0.15, 0.2) is 71.5 Å². The quantitative estimate of drug-likeness (QED) is 0.409. The molecule has 0 N–H and O–H groups in total. The molecule has 4 heteroatoms. The second kappa shape index (κ2) is 6.97. The molecular weight excluding hydrogens is 392 g/mol. The third-order valence-electron chi connectivity index (χ3n) is 6.91. The summed E-state index contributed by atoms with van der Waals surface area (Å²) in [7, 11) is 0. The van der Waals surface area contributed by atoms with E-state index in [-0.39, 0.29) is 5.56 Å². The van der Waals surface area contributed by atoms with E-state index in [1.165, 1.54) is 28.5 Å². The van der Waals surface area contributed by atoms with Crippen LogP contribution in [0.1, 0.15) is 23.6 Å². The number of pyridine rings is 1. The van der Waals surface area contributed by atoms with Crippen LogP contribution in [0.25, 0.3) is 21.5 Å². The summed E-state index contributed by atoms with van der Waals surface area (Å²) in [6.07, 6.45) is 1.18. The lowest BCUT2D eigenvalue weighted by molar-refractivity contribution is 0.115. The second-order valence-electron chi connectivity index (χ2n) is 8.78. The number of piperidine rings is 1. The van der Waals surface area contributed by atoms with Gasteiger partial charge < -0.3 is 4.57 Å². The fourth-order valence-corrected chi connectivity index (χ4v) is 6.01. The van der Waals surface area contributed by atoms with Crippen LogP contribution in [0.4, 0.5) is 0 Å². The monoisotopic (exact) mass is 414 g/mol. The summed E-state index contributed by atoms with van der Waals surface area (Å²) in [6.45, 7) is 3.76. The van der Waals surface area contributed by atoms with E-state index in [1.807, 2.05) is 10.6 Å². The fourth-order valence-electron chi connectivity index (χ4n) is 5.68. The van der Waals surface area contributed by atoms with Crippen molar-refractivity contribution in [3.63, 3.8) is 0 Å². The van der Waals surface area contributed by atoms with Gasteiger partial charge in [-0.3, -0.25) is 9.69 Å². The van der Waals surface area contributed by atoms with Gasteiger partial charge in [-0.05, 0) is 34.7 Å². The average Bonchev–Trinajstić information content (AvgIpc) is 2.77. The number of nitrogens with zero attached hydrogens (tertiary/aromatic N) is 2. The van der Waals surface area contributed by atoms with Crippen molar-refractivity contribution in [3.8, 4) is 0 Å². The van der Waals surface area contributed by atoms with Crippen LogP contribution < -0.4 is 5.56 Å². The van der Waals surface area contributed by atoms with Gasteiger partial charge in [-0.2, -0.15) is 0 Å². The maximum Gasteiger partial charge on any atom is 0.250 e. The van der Waals surface area contributed by atoms with Crippen LogP contribution in [-0.2, 0) is 13.1 Å². The molecule has 0 radical (unpaired) electrons. The third kappa shape index (κ3) is 2.80. The van der Waals surface area contributed by atoms with E-state index in [4.69, 9.17) is 11.6 Å². The summed E-state index contributed by atoms with van der Waals surface area (Å²) >= 11 is 6.79. The zero-order valence-corrected chi connectivity index (χ0v) is 17.5. The number of rotatable bonds is 2. The van der Waals surface area contributed by atoms with E-state index in [9.17, 15) is 4.79 Å². The van der Waals surface area contributed by atoms with Crippen molar-refractivity contribution in [1.29, 1.82) is 0 Å². The first-order valence-electron chi connectivity index (χ1n) is 10.7. The van der Waals surface area contributed by atoms with E-state index < -0.39 is 0 Å². The first-order valence-corrected chi connectivity index (χ1v) is 11.1. The lowest BCUT2D eigenvalue weighted by Gasteiger charge is -2.43. The predicted octanol–water partition coefficient (Wildman–Crippen LogP) is 5.43. The van der Waals surface area contributed by atoms with E-state index >= 15 is 0 Å². The molecule has 2 atom stereocenters. The number of hydrogen-bond donors (Lipinski definition) is 0. The van der Waals surface area contributed by atoms with Gasteiger partial charge in [0, 0.05) is 54.6 Å². The molecule has 4 aromatic rings. The highest BCUT2D eigenvalue weighted by Gasteiger charge is 2.34. The minimum Gasteiger partial charge on any atom is -0.312 e. The van der Waals surface area contributed by atoms with Gasteiger partial charge in [0.05, 0.1) is 5.02 Å². The second-order valence-corrected chi connectivity index (χ2v) is 9.15. The minimum atomic E-state index is 0.144. The molecule has 2 aliphatic heterocycles. The first-order chi connectivity index (χ1) is 14.7. The Hall–Kier alpha value is -2.62. The summed E-state index contributed by atoms with van der Waals surface area (Å²) in [4.78, 5) is 14.9. The first kappa shape index (κ1) is 18.2. The lowest BCUT2D eigenvalue weighted by atomic mass is 9.82. The van der Waals surface area contributed by atoms with Crippen molar-refractivity contribution >= 4 is 33.1 Å². The van der Waals surface area contributed by atoms with Gasteiger partial charge in [-0.15, -0.1) is 0 Å². The molecule has 1 saturated heterocycles. The minimum absolute atomic E-state index is 0.144. The molecule has 0 spiro atoms. The number of likely N-dealkylation sites (tertiary alicyclic amines) is 1. The number of fused-ring (bicyclic) bond motifs is 6. The fraction of sp³-hybridized carbons (Fsp3) is 0.269. The Balaban J connectivity index is 1.43. The van der Waals surface area contributed by atoms with Gasteiger partial charge in [0.15, 0.2) is 0 Å². The number of hydrogen-bond acceptors (Lipinski definition) is 2. The van der Waals surface area contributed by atoms with Crippen molar-refractivity contribution in [2.24, 2.45) is 5.92 Å². The molecule has 1 fully saturated rings. The normalized spacial score (nSPS) is 21.1. The predicted molar refractivity (Wildman–Crippen MR) is 123 cm³/mol. The largest absolute Gasteiger partial charge is 0.312 e. The van der Waals surface area contributed by atoms with Gasteiger partial charge >= 0.3 is 0 Å². The summed E-state index contributed by atoms with van der Waals surface area (Å²) in [5.41, 5.74) is 2.70. The molecule has 2 bridgehead atoms. The summed E-state index contributed by atoms with van der Waals surface area (Å²) in [6, 6.07) is 22.7. The van der Waals surface area contributed by atoms with Gasteiger partial charge in [-0.1, -0.05) is 66.2 Å². The highest BCUT2D eigenvalue weighted by Crippen LogP contribution is 2.39. The Morgan fingerprint density at radius 2 is 1.47 bits per heavy atom. The highest BCUT2D eigenvalue weighted by molar-refractivity contribution is 6.41. The van der Waals surface area contributed by atoms with Crippen LogP contribution in [0, 0.1) is 5.92 Å². The standard InChI is InChI=1S/C26H23ClN2O/c27-26-21-8-3-1-6-19(21)23(20-7-2-4-9-22(20)26)16-28-13-17-12-18(15-28)24-10-5-11-25(30)29(24)14-17/h1-11,17-18H,12-16H2/t17-,18+/m0/s1. The Labute approximate surface area is 180 Å². The van der Waals surface area contributed by atoms with Gasteiger partial charge in [0.25, 0.3) is 5.56 Å². The van der Waals surface area contributed by atoms with E-state index in [0.29, 0.717) is 11.8 Å². The molecule has 2 aliphatic rings. The number of aromatic nitrogens is 1. The van der Waals surface area contributed by atoms with Gasteiger partial charge in [0.2, 0.25) is 0 Å².